The van der Waals surface area contributed by atoms with Gasteiger partial charge in [0.25, 0.3) is 0 Å². The summed E-state index contributed by atoms with van der Waals surface area (Å²) >= 11 is 0. The lowest BCUT2D eigenvalue weighted by molar-refractivity contribution is 0.0442. The molecule has 0 fully saturated rings. The second kappa shape index (κ2) is 4.38. The van der Waals surface area contributed by atoms with Gasteiger partial charge in [0.1, 0.15) is 12.2 Å². The van der Waals surface area contributed by atoms with Gasteiger partial charge >= 0.3 is 0 Å². The Morgan fingerprint density at radius 2 is 1.81 bits per heavy atom. The Morgan fingerprint density at radius 3 is 2.67 bits per heavy atom. The summed E-state index contributed by atoms with van der Waals surface area (Å²) in [4.78, 5) is 4.67. The zero-order valence-electron chi connectivity index (χ0n) is 11.6. The first-order chi connectivity index (χ1) is 10.2. The highest BCUT2D eigenvalue weighted by atomic mass is 16.3. The summed E-state index contributed by atoms with van der Waals surface area (Å²) < 4.78 is 0. The van der Waals surface area contributed by atoms with Gasteiger partial charge in [-0.1, -0.05) is 48.6 Å². The summed E-state index contributed by atoms with van der Waals surface area (Å²) in [6.07, 6.45) is 1.61. The van der Waals surface area contributed by atoms with Crippen molar-refractivity contribution in [3.05, 3.63) is 59.3 Å². The van der Waals surface area contributed by atoms with Gasteiger partial charge in [-0.05, 0) is 17.9 Å². The van der Waals surface area contributed by atoms with Crippen molar-refractivity contribution >= 4 is 27.8 Å². The summed E-state index contributed by atoms with van der Waals surface area (Å²) in [6, 6.07) is 12.3. The van der Waals surface area contributed by atoms with Gasteiger partial charge in [0.05, 0.1) is 11.2 Å². The van der Waals surface area contributed by atoms with Crippen LogP contribution in [-0.2, 0) is 0 Å². The van der Waals surface area contributed by atoms with Crippen molar-refractivity contribution in [2.75, 3.05) is 0 Å². The molecule has 0 amide bonds. The Morgan fingerprint density at radius 1 is 1.00 bits per heavy atom. The summed E-state index contributed by atoms with van der Waals surface area (Å²) in [5.74, 6) is 0. The third-order valence-corrected chi connectivity index (χ3v) is 4.28. The van der Waals surface area contributed by atoms with Crippen molar-refractivity contribution in [2.24, 2.45) is 0 Å². The molecule has 21 heavy (non-hydrogen) atoms. The molecule has 0 unspecified atom stereocenters. The molecule has 3 aromatic rings. The van der Waals surface area contributed by atoms with E-state index in [1.165, 1.54) is 0 Å². The van der Waals surface area contributed by atoms with Crippen LogP contribution in [-0.4, -0.2) is 21.3 Å². The highest BCUT2D eigenvalue weighted by Gasteiger charge is 2.26. The van der Waals surface area contributed by atoms with Gasteiger partial charge in [-0.15, -0.1) is 0 Å². The van der Waals surface area contributed by atoms with E-state index in [-0.39, 0.29) is 0 Å². The standard InChI is InChI=1S/C18H15NO2/c1-10-12-7-6-11-4-2-3-5-14(11)16(12)19-17-13(10)8-9-15(20)18(17)21/h2-9,15,18,20-21H,1H3/t15-,18+/m0/s1. The first-order valence-corrected chi connectivity index (χ1v) is 7.03. The maximum Gasteiger partial charge on any atom is 0.126 e. The first-order valence-electron chi connectivity index (χ1n) is 7.03. The van der Waals surface area contributed by atoms with Crippen LogP contribution < -0.4 is 0 Å². The summed E-state index contributed by atoms with van der Waals surface area (Å²) in [6.45, 7) is 2.03. The van der Waals surface area contributed by atoms with Crippen LogP contribution in [0.3, 0.4) is 0 Å². The van der Waals surface area contributed by atoms with E-state index in [2.05, 4.69) is 23.2 Å². The minimum Gasteiger partial charge on any atom is -0.386 e. The maximum absolute atomic E-state index is 10.2. The van der Waals surface area contributed by atoms with E-state index in [1.807, 2.05) is 31.2 Å². The van der Waals surface area contributed by atoms with Crippen molar-refractivity contribution in [1.82, 2.24) is 4.98 Å². The molecule has 0 saturated carbocycles. The van der Waals surface area contributed by atoms with E-state index in [0.717, 1.165) is 32.8 Å². The van der Waals surface area contributed by atoms with Gasteiger partial charge in [-0.25, -0.2) is 4.98 Å². The molecule has 3 nitrogen and oxygen atoms in total. The number of aromatic nitrogens is 1. The molecule has 1 aromatic heterocycles. The minimum atomic E-state index is -0.966. The van der Waals surface area contributed by atoms with Gasteiger partial charge in [0.15, 0.2) is 0 Å². The smallest absolute Gasteiger partial charge is 0.126 e. The van der Waals surface area contributed by atoms with Crippen LogP contribution in [0.15, 0.2) is 42.5 Å². The Balaban J connectivity index is 2.17. The molecule has 3 heteroatoms. The normalized spacial score (nSPS) is 20.9. The Labute approximate surface area is 122 Å². The number of aliphatic hydroxyl groups excluding tert-OH is 2. The SMILES string of the molecule is Cc1c2c(nc3c1ccc1ccccc13)[C@H](O)[C@@H](O)C=C2. The van der Waals surface area contributed by atoms with Crippen molar-refractivity contribution in [3.8, 4) is 0 Å². The molecular weight excluding hydrogens is 262 g/mol. The van der Waals surface area contributed by atoms with Gasteiger partial charge in [0.2, 0.25) is 0 Å². The summed E-state index contributed by atoms with van der Waals surface area (Å²) in [5, 5.41) is 23.3. The van der Waals surface area contributed by atoms with E-state index in [4.69, 9.17) is 0 Å². The van der Waals surface area contributed by atoms with Crippen molar-refractivity contribution in [1.29, 1.82) is 0 Å². The number of benzene rings is 2. The van der Waals surface area contributed by atoms with Gasteiger partial charge in [0, 0.05) is 16.3 Å². The highest BCUT2D eigenvalue weighted by Crippen LogP contribution is 2.35. The molecule has 2 aromatic carbocycles. The molecule has 0 radical (unpaired) electrons. The fourth-order valence-corrected chi connectivity index (χ4v) is 3.09. The van der Waals surface area contributed by atoms with Gasteiger partial charge in [-0.3, -0.25) is 0 Å². The number of aliphatic hydroxyl groups is 2. The number of rotatable bonds is 0. The summed E-state index contributed by atoms with van der Waals surface area (Å²) in [5.41, 5.74) is 3.44. The van der Waals surface area contributed by atoms with E-state index >= 15 is 0 Å². The van der Waals surface area contributed by atoms with E-state index in [9.17, 15) is 10.2 Å². The average molecular weight is 277 g/mol. The Hall–Kier alpha value is -2.23. The molecule has 1 aliphatic carbocycles. The van der Waals surface area contributed by atoms with Crippen LogP contribution in [0.5, 0.6) is 0 Å². The fourth-order valence-electron chi connectivity index (χ4n) is 3.09. The van der Waals surface area contributed by atoms with Crippen LogP contribution in [0.4, 0.5) is 0 Å². The molecule has 104 valence electrons. The molecule has 0 saturated heterocycles. The second-order valence-electron chi connectivity index (χ2n) is 5.51. The molecular formula is C18H15NO2. The van der Waals surface area contributed by atoms with Crippen molar-refractivity contribution < 1.29 is 10.2 Å². The lowest BCUT2D eigenvalue weighted by atomic mass is 9.91. The average Bonchev–Trinajstić information content (AvgIpc) is 2.51. The number of hydrogen-bond donors (Lipinski definition) is 2. The predicted octanol–water partition coefficient (Wildman–Crippen LogP) is 3.12. The van der Waals surface area contributed by atoms with Gasteiger partial charge in [-0.2, -0.15) is 0 Å². The van der Waals surface area contributed by atoms with Crippen LogP contribution >= 0.6 is 0 Å². The van der Waals surface area contributed by atoms with E-state index in [1.54, 1.807) is 6.08 Å². The molecule has 2 atom stereocenters. The Bertz CT molecular complexity index is 898. The highest BCUT2D eigenvalue weighted by molar-refractivity contribution is 6.07. The van der Waals surface area contributed by atoms with E-state index in [0.29, 0.717) is 5.69 Å². The predicted molar refractivity (Wildman–Crippen MR) is 84.0 cm³/mol. The maximum atomic E-state index is 10.2. The van der Waals surface area contributed by atoms with Crippen LogP contribution in [0.2, 0.25) is 0 Å². The third kappa shape index (κ3) is 1.71. The number of aryl methyl sites for hydroxylation is 1. The van der Waals surface area contributed by atoms with Crippen molar-refractivity contribution in [2.45, 2.75) is 19.1 Å². The summed E-state index contributed by atoms with van der Waals surface area (Å²) in [7, 11) is 0. The van der Waals surface area contributed by atoms with E-state index < -0.39 is 12.2 Å². The van der Waals surface area contributed by atoms with Crippen LogP contribution in [0, 0.1) is 6.92 Å². The number of pyridine rings is 1. The molecule has 2 N–H and O–H groups in total. The van der Waals surface area contributed by atoms with Gasteiger partial charge < -0.3 is 10.2 Å². The zero-order chi connectivity index (χ0) is 14.6. The molecule has 1 aliphatic rings. The largest absolute Gasteiger partial charge is 0.386 e. The molecule has 4 rings (SSSR count). The number of fused-ring (bicyclic) bond motifs is 4. The fraction of sp³-hybridized carbons (Fsp3) is 0.167. The number of nitrogens with zero attached hydrogens (tertiary/aromatic N) is 1. The molecule has 0 bridgehead atoms. The van der Waals surface area contributed by atoms with Crippen LogP contribution in [0.1, 0.15) is 22.9 Å². The molecule has 1 heterocycles. The first kappa shape index (κ1) is 12.5. The molecule has 0 aliphatic heterocycles. The Kier molecular flexibility index (Phi) is 2.61. The van der Waals surface area contributed by atoms with Crippen molar-refractivity contribution in [3.63, 3.8) is 0 Å². The monoisotopic (exact) mass is 277 g/mol. The second-order valence-corrected chi connectivity index (χ2v) is 5.51. The lowest BCUT2D eigenvalue weighted by Crippen LogP contribution is -2.21. The minimum absolute atomic E-state index is 0.561. The number of hydrogen-bond acceptors (Lipinski definition) is 3. The topological polar surface area (TPSA) is 53.4 Å². The zero-order valence-corrected chi connectivity index (χ0v) is 11.6. The van der Waals surface area contributed by atoms with Crippen LogP contribution in [0.25, 0.3) is 27.8 Å². The lowest BCUT2D eigenvalue weighted by Gasteiger charge is -2.23. The quantitative estimate of drug-likeness (QED) is 0.621. The molecule has 0 spiro atoms. The third-order valence-electron chi connectivity index (χ3n) is 4.28.